The van der Waals surface area contributed by atoms with Gasteiger partial charge in [-0.1, -0.05) is 20.3 Å². The summed E-state index contributed by atoms with van der Waals surface area (Å²) < 4.78 is 23.8. The molecule has 1 aliphatic heterocycles. The van der Waals surface area contributed by atoms with Crippen molar-refractivity contribution >= 4 is 21.7 Å². The molecule has 0 aromatic rings. The van der Waals surface area contributed by atoms with E-state index < -0.39 is 32.5 Å². The van der Waals surface area contributed by atoms with Crippen molar-refractivity contribution in [3.63, 3.8) is 0 Å². The van der Waals surface area contributed by atoms with Crippen LogP contribution in [0.2, 0.25) is 0 Å². The van der Waals surface area contributed by atoms with Crippen LogP contribution in [0.1, 0.15) is 46.5 Å². The Hall–Kier alpha value is -1.11. The van der Waals surface area contributed by atoms with Crippen LogP contribution in [-0.2, 0) is 19.4 Å². The second kappa shape index (κ2) is 6.11. The Labute approximate surface area is 119 Å². The third-order valence-electron chi connectivity index (χ3n) is 4.07. The highest BCUT2D eigenvalue weighted by molar-refractivity contribution is 7.92. The van der Waals surface area contributed by atoms with Crippen LogP contribution in [0, 0.1) is 5.92 Å². The summed E-state index contributed by atoms with van der Waals surface area (Å²) in [7, 11) is -3.41. The highest BCUT2D eigenvalue weighted by Gasteiger charge is 2.40. The van der Waals surface area contributed by atoms with Crippen molar-refractivity contribution in [1.29, 1.82) is 0 Å². The molecule has 2 unspecified atom stereocenters. The molecule has 0 bridgehead atoms. The maximum absolute atomic E-state index is 12.2. The summed E-state index contributed by atoms with van der Waals surface area (Å²) in [5.41, 5.74) is -0.949. The normalized spacial score (nSPS) is 24.9. The fraction of sp³-hybridized carbons (Fsp3) is 0.846. The molecule has 0 aromatic carbocycles. The molecule has 0 aliphatic carbocycles. The lowest BCUT2D eigenvalue weighted by Crippen LogP contribution is -2.56. The Morgan fingerprint density at radius 2 is 1.95 bits per heavy atom. The number of nitrogens with one attached hydrogen (secondary N) is 1. The average molecular weight is 305 g/mol. The maximum atomic E-state index is 12.2. The molecule has 2 N–H and O–H groups in total. The van der Waals surface area contributed by atoms with Gasteiger partial charge >= 0.3 is 5.97 Å². The van der Waals surface area contributed by atoms with Crippen molar-refractivity contribution in [2.24, 2.45) is 5.92 Å². The number of carbonyl (C=O) groups excluding carboxylic acids is 1. The summed E-state index contributed by atoms with van der Waals surface area (Å²) in [6, 6.07) is 0. The highest BCUT2D eigenvalue weighted by atomic mass is 32.2. The van der Waals surface area contributed by atoms with Crippen LogP contribution in [0.25, 0.3) is 0 Å². The van der Waals surface area contributed by atoms with Crippen LogP contribution in [0.4, 0.5) is 0 Å². The maximum Gasteiger partial charge on any atom is 0.305 e. The molecule has 0 saturated carbocycles. The minimum Gasteiger partial charge on any atom is -0.481 e. The number of amides is 1. The van der Waals surface area contributed by atoms with E-state index in [-0.39, 0.29) is 18.1 Å². The Bertz CT molecular complexity index is 485. The molecule has 7 heteroatoms. The fourth-order valence-corrected chi connectivity index (χ4v) is 4.12. The Morgan fingerprint density at radius 1 is 1.35 bits per heavy atom. The lowest BCUT2D eigenvalue weighted by atomic mass is 9.85. The average Bonchev–Trinajstić information content (AvgIpc) is 2.26. The SMILES string of the molecule is CC(C)C(C)(CC(=O)O)NC(=O)C1CCCCS1(=O)=O. The van der Waals surface area contributed by atoms with E-state index in [0.717, 1.165) is 0 Å². The minimum absolute atomic E-state index is 0.0302. The molecule has 0 spiro atoms. The van der Waals surface area contributed by atoms with Crippen molar-refractivity contribution < 1.29 is 23.1 Å². The lowest BCUT2D eigenvalue weighted by Gasteiger charge is -2.35. The summed E-state index contributed by atoms with van der Waals surface area (Å²) in [6.07, 6.45) is 1.37. The molecule has 1 aliphatic rings. The van der Waals surface area contributed by atoms with Gasteiger partial charge in [0.15, 0.2) is 9.84 Å². The van der Waals surface area contributed by atoms with Gasteiger partial charge in [-0.3, -0.25) is 9.59 Å². The molecular formula is C13H23NO5S. The van der Waals surface area contributed by atoms with Crippen LogP contribution in [0.5, 0.6) is 0 Å². The minimum atomic E-state index is -3.41. The van der Waals surface area contributed by atoms with E-state index in [1.165, 1.54) is 0 Å². The van der Waals surface area contributed by atoms with Crippen molar-refractivity contribution in [3.05, 3.63) is 0 Å². The van der Waals surface area contributed by atoms with E-state index in [1.54, 1.807) is 20.8 Å². The number of hydrogen-bond donors (Lipinski definition) is 2. The second-order valence-corrected chi connectivity index (χ2v) is 8.29. The molecule has 1 amide bonds. The van der Waals surface area contributed by atoms with E-state index in [9.17, 15) is 18.0 Å². The van der Waals surface area contributed by atoms with Crippen molar-refractivity contribution in [1.82, 2.24) is 5.32 Å². The first-order valence-electron chi connectivity index (χ1n) is 6.84. The van der Waals surface area contributed by atoms with Crippen LogP contribution < -0.4 is 5.32 Å². The Kier molecular flexibility index (Phi) is 5.18. The quantitative estimate of drug-likeness (QED) is 0.788. The van der Waals surface area contributed by atoms with Crippen molar-refractivity contribution in [2.45, 2.75) is 57.2 Å². The van der Waals surface area contributed by atoms with Crippen LogP contribution in [-0.4, -0.2) is 41.9 Å². The van der Waals surface area contributed by atoms with Crippen molar-refractivity contribution in [3.8, 4) is 0 Å². The molecule has 2 atom stereocenters. The fourth-order valence-electron chi connectivity index (χ4n) is 2.32. The molecule has 0 radical (unpaired) electrons. The molecule has 1 heterocycles. The zero-order chi connectivity index (χ0) is 15.6. The third kappa shape index (κ3) is 3.94. The lowest BCUT2D eigenvalue weighted by molar-refractivity contribution is -0.139. The Balaban J connectivity index is 2.88. The number of hydrogen-bond acceptors (Lipinski definition) is 4. The van der Waals surface area contributed by atoms with Crippen LogP contribution >= 0.6 is 0 Å². The van der Waals surface area contributed by atoms with E-state index in [0.29, 0.717) is 19.3 Å². The molecule has 1 saturated heterocycles. The van der Waals surface area contributed by atoms with E-state index in [2.05, 4.69) is 5.32 Å². The number of carboxylic acid groups (broad SMARTS) is 1. The van der Waals surface area contributed by atoms with E-state index in [1.807, 2.05) is 0 Å². The van der Waals surface area contributed by atoms with Gasteiger partial charge in [-0.05, 0) is 25.7 Å². The largest absolute Gasteiger partial charge is 0.481 e. The van der Waals surface area contributed by atoms with Gasteiger partial charge in [0.2, 0.25) is 5.91 Å². The first-order valence-corrected chi connectivity index (χ1v) is 8.55. The number of carboxylic acids is 1. The van der Waals surface area contributed by atoms with Gasteiger partial charge in [-0.25, -0.2) is 8.42 Å². The molecule has 1 rings (SSSR count). The summed E-state index contributed by atoms with van der Waals surface area (Å²) >= 11 is 0. The first-order chi connectivity index (χ1) is 9.08. The zero-order valence-electron chi connectivity index (χ0n) is 12.2. The van der Waals surface area contributed by atoms with E-state index >= 15 is 0 Å². The standard InChI is InChI=1S/C13H23NO5S/c1-9(2)13(3,8-11(15)16)14-12(17)10-6-4-5-7-20(10,18)19/h9-10H,4-8H2,1-3H3,(H,14,17)(H,15,16). The number of sulfone groups is 1. The van der Waals surface area contributed by atoms with Gasteiger partial charge in [0, 0.05) is 5.54 Å². The topological polar surface area (TPSA) is 101 Å². The molecule has 20 heavy (non-hydrogen) atoms. The first kappa shape index (κ1) is 16.9. The van der Waals surface area contributed by atoms with Gasteiger partial charge in [0.25, 0.3) is 0 Å². The monoisotopic (exact) mass is 305 g/mol. The van der Waals surface area contributed by atoms with Gasteiger partial charge < -0.3 is 10.4 Å². The number of carbonyl (C=O) groups is 2. The summed E-state index contributed by atoms with van der Waals surface area (Å²) in [4.78, 5) is 23.2. The van der Waals surface area contributed by atoms with Gasteiger partial charge in [-0.15, -0.1) is 0 Å². The summed E-state index contributed by atoms with van der Waals surface area (Å²) in [6.45, 7) is 5.25. The molecule has 0 aromatic heterocycles. The molecule has 6 nitrogen and oxygen atoms in total. The van der Waals surface area contributed by atoms with Gasteiger partial charge in [0.1, 0.15) is 5.25 Å². The Morgan fingerprint density at radius 3 is 2.40 bits per heavy atom. The highest BCUT2D eigenvalue weighted by Crippen LogP contribution is 2.24. The zero-order valence-corrected chi connectivity index (χ0v) is 13.0. The summed E-state index contributed by atoms with van der Waals surface area (Å²) in [5.74, 6) is -1.67. The number of aliphatic carboxylic acids is 1. The van der Waals surface area contributed by atoms with Gasteiger partial charge in [0.05, 0.1) is 12.2 Å². The molecular weight excluding hydrogens is 282 g/mol. The second-order valence-electron chi connectivity index (χ2n) is 5.98. The molecule has 116 valence electrons. The predicted octanol–water partition coefficient (Wildman–Crippen LogP) is 0.959. The van der Waals surface area contributed by atoms with Crippen LogP contribution in [0.15, 0.2) is 0 Å². The van der Waals surface area contributed by atoms with Crippen LogP contribution in [0.3, 0.4) is 0 Å². The predicted molar refractivity (Wildman–Crippen MR) is 75.1 cm³/mol. The smallest absolute Gasteiger partial charge is 0.305 e. The van der Waals surface area contributed by atoms with Crippen molar-refractivity contribution in [2.75, 3.05) is 5.75 Å². The third-order valence-corrected chi connectivity index (χ3v) is 6.25. The van der Waals surface area contributed by atoms with E-state index in [4.69, 9.17) is 5.11 Å². The molecule has 1 fully saturated rings. The summed E-state index contributed by atoms with van der Waals surface area (Å²) in [5, 5.41) is 10.6. The van der Waals surface area contributed by atoms with Gasteiger partial charge in [-0.2, -0.15) is 0 Å². The number of rotatable bonds is 5.